The number of hydrogen-bond acceptors (Lipinski definition) is 2. The molecule has 1 unspecified atom stereocenters. The molecule has 0 aliphatic carbocycles. The Bertz CT molecular complexity index is 380. The van der Waals surface area contributed by atoms with E-state index in [-0.39, 0.29) is 5.92 Å². The molecule has 1 aliphatic heterocycles. The molecular formula is C14H19ClN2. The summed E-state index contributed by atoms with van der Waals surface area (Å²) in [6.07, 6.45) is 2.59. The summed E-state index contributed by atoms with van der Waals surface area (Å²) in [7, 11) is 0. The molecular weight excluding hydrogens is 232 g/mol. The topological polar surface area (TPSA) is 29.3 Å². The Morgan fingerprint density at radius 3 is 2.41 bits per heavy atom. The summed E-state index contributed by atoms with van der Waals surface area (Å²) in [6.45, 7) is 7.24. The van der Waals surface area contributed by atoms with Gasteiger partial charge in [0.1, 0.15) is 0 Å². The first-order valence-corrected chi connectivity index (χ1v) is 6.46. The molecule has 1 aromatic carbocycles. The molecule has 0 radical (unpaired) electrons. The second kappa shape index (κ2) is 5.56. The predicted octanol–water partition coefficient (Wildman–Crippen LogP) is 2.99. The summed E-state index contributed by atoms with van der Waals surface area (Å²) in [5, 5.41) is 0.760. The van der Waals surface area contributed by atoms with Gasteiger partial charge < -0.3 is 10.6 Å². The van der Waals surface area contributed by atoms with E-state index in [1.807, 2.05) is 24.3 Å². The Kier molecular flexibility index (Phi) is 4.08. The Morgan fingerprint density at radius 2 is 1.88 bits per heavy atom. The van der Waals surface area contributed by atoms with Crippen molar-refractivity contribution < 1.29 is 0 Å². The zero-order valence-electron chi connectivity index (χ0n) is 10.0. The molecule has 1 aromatic rings. The van der Waals surface area contributed by atoms with Gasteiger partial charge in [-0.25, -0.2) is 0 Å². The normalized spacial score (nSPS) is 18.2. The van der Waals surface area contributed by atoms with Crippen molar-refractivity contribution in [2.75, 3.05) is 19.6 Å². The minimum absolute atomic E-state index is 0.213. The largest absolute Gasteiger partial charge is 0.402 e. The number of nitrogens with zero attached hydrogens (tertiary/aromatic N) is 1. The Balaban J connectivity index is 2.10. The van der Waals surface area contributed by atoms with Crippen LogP contribution in [0.1, 0.15) is 24.3 Å². The molecule has 0 amide bonds. The minimum atomic E-state index is 0.213. The van der Waals surface area contributed by atoms with Crippen LogP contribution in [-0.2, 0) is 0 Å². The highest BCUT2D eigenvalue weighted by Gasteiger charge is 2.19. The van der Waals surface area contributed by atoms with E-state index in [1.54, 1.807) is 0 Å². The van der Waals surface area contributed by atoms with Gasteiger partial charge in [-0.05, 0) is 43.6 Å². The van der Waals surface area contributed by atoms with Gasteiger partial charge >= 0.3 is 0 Å². The Hall–Kier alpha value is -0.990. The molecule has 0 aromatic heterocycles. The van der Waals surface area contributed by atoms with Gasteiger partial charge in [0, 0.05) is 23.2 Å². The summed E-state index contributed by atoms with van der Waals surface area (Å²) in [4.78, 5) is 2.46. The second-order valence-corrected chi connectivity index (χ2v) is 5.12. The summed E-state index contributed by atoms with van der Waals surface area (Å²) in [5.41, 5.74) is 7.87. The maximum Gasteiger partial charge on any atom is 0.0406 e. The van der Waals surface area contributed by atoms with E-state index in [0.717, 1.165) is 17.3 Å². The number of nitrogens with two attached hydrogens (primary N) is 1. The third-order valence-corrected chi connectivity index (χ3v) is 3.61. The molecule has 1 saturated heterocycles. The van der Waals surface area contributed by atoms with E-state index in [1.165, 1.54) is 31.5 Å². The van der Waals surface area contributed by atoms with Gasteiger partial charge in [-0.3, -0.25) is 0 Å². The van der Waals surface area contributed by atoms with E-state index in [0.29, 0.717) is 0 Å². The molecule has 17 heavy (non-hydrogen) atoms. The standard InChI is InChI=1S/C14H19ClN2/c1-11(16)14(10-17-8-2-3-9-17)12-4-6-13(15)7-5-12/h4-7,14H,1-3,8-10,16H2. The average Bonchev–Trinajstić information content (AvgIpc) is 2.80. The van der Waals surface area contributed by atoms with Gasteiger partial charge in [-0.2, -0.15) is 0 Å². The molecule has 2 N–H and O–H groups in total. The van der Waals surface area contributed by atoms with Crippen molar-refractivity contribution >= 4 is 11.6 Å². The monoisotopic (exact) mass is 250 g/mol. The van der Waals surface area contributed by atoms with Crippen molar-refractivity contribution in [1.82, 2.24) is 4.90 Å². The van der Waals surface area contributed by atoms with E-state index in [9.17, 15) is 0 Å². The molecule has 0 bridgehead atoms. The van der Waals surface area contributed by atoms with Crippen LogP contribution >= 0.6 is 11.6 Å². The first-order chi connectivity index (χ1) is 8.16. The number of likely N-dealkylation sites (tertiary alicyclic amines) is 1. The van der Waals surface area contributed by atoms with E-state index in [4.69, 9.17) is 17.3 Å². The van der Waals surface area contributed by atoms with Crippen LogP contribution in [0.4, 0.5) is 0 Å². The van der Waals surface area contributed by atoms with Crippen molar-refractivity contribution in [3.8, 4) is 0 Å². The lowest BCUT2D eigenvalue weighted by atomic mass is 9.96. The van der Waals surface area contributed by atoms with E-state index >= 15 is 0 Å². The number of halogens is 1. The highest BCUT2D eigenvalue weighted by Crippen LogP contribution is 2.24. The molecule has 1 atom stereocenters. The smallest absolute Gasteiger partial charge is 0.0406 e. The summed E-state index contributed by atoms with van der Waals surface area (Å²) < 4.78 is 0. The van der Waals surface area contributed by atoms with Gasteiger partial charge in [0.25, 0.3) is 0 Å². The SMILES string of the molecule is C=C(N)C(CN1CCCC1)c1ccc(Cl)cc1. The van der Waals surface area contributed by atoms with Crippen molar-refractivity contribution in [1.29, 1.82) is 0 Å². The molecule has 1 aliphatic rings. The van der Waals surface area contributed by atoms with Crippen LogP contribution in [0.3, 0.4) is 0 Å². The lowest BCUT2D eigenvalue weighted by molar-refractivity contribution is 0.325. The molecule has 0 saturated carbocycles. The van der Waals surface area contributed by atoms with E-state index < -0.39 is 0 Å². The minimum Gasteiger partial charge on any atom is -0.402 e. The zero-order valence-corrected chi connectivity index (χ0v) is 10.8. The maximum atomic E-state index is 5.93. The summed E-state index contributed by atoms with van der Waals surface area (Å²) in [6, 6.07) is 7.91. The number of benzene rings is 1. The van der Waals surface area contributed by atoms with Crippen molar-refractivity contribution in [3.63, 3.8) is 0 Å². The fourth-order valence-corrected chi connectivity index (χ4v) is 2.48. The Morgan fingerprint density at radius 1 is 1.29 bits per heavy atom. The molecule has 2 nitrogen and oxygen atoms in total. The van der Waals surface area contributed by atoms with Crippen LogP contribution in [-0.4, -0.2) is 24.5 Å². The molecule has 1 fully saturated rings. The highest BCUT2D eigenvalue weighted by atomic mass is 35.5. The second-order valence-electron chi connectivity index (χ2n) is 4.69. The first-order valence-electron chi connectivity index (χ1n) is 6.09. The van der Waals surface area contributed by atoms with E-state index in [2.05, 4.69) is 11.5 Å². The summed E-state index contributed by atoms with van der Waals surface area (Å²) >= 11 is 5.90. The van der Waals surface area contributed by atoms with Crippen LogP contribution in [0.2, 0.25) is 5.02 Å². The highest BCUT2D eigenvalue weighted by molar-refractivity contribution is 6.30. The van der Waals surface area contributed by atoms with Crippen LogP contribution in [0.25, 0.3) is 0 Å². The van der Waals surface area contributed by atoms with Crippen molar-refractivity contribution in [2.24, 2.45) is 5.73 Å². The predicted molar refractivity (Wildman–Crippen MR) is 73.2 cm³/mol. The van der Waals surface area contributed by atoms with Crippen molar-refractivity contribution in [2.45, 2.75) is 18.8 Å². The fourth-order valence-electron chi connectivity index (χ4n) is 2.36. The van der Waals surface area contributed by atoms with Gasteiger partial charge in [0.2, 0.25) is 0 Å². The maximum absolute atomic E-state index is 5.93. The van der Waals surface area contributed by atoms with Crippen LogP contribution in [0.5, 0.6) is 0 Å². The van der Waals surface area contributed by atoms with Gasteiger partial charge in [-0.15, -0.1) is 0 Å². The lowest BCUT2D eigenvalue weighted by Crippen LogP contribution is -2.28. The lowest BCUT2D eigenvalue weighted by Gasteiger charge is -2.23. The Labute approximate surface area is 108 Å². The van der Waals surface area contributed by atoms with Crippen molar-refractivity contribution in [3.05, 3.63) is 47.1 Å². The first kappa shape index (κ1) is 12.5. The quantitative estimate of drug-likeness (QED) is 0.890. The van der Waals surface area contributed by atoms with Crippen LogP contribution in [0.15, 0.2) is 36.5 Å². The third-order valence-electron chi connectivity index (χ3n) is 3.36. The molecule has 1 heterocycles. The summed E-state index contributed by atoms with van der Waals surface area (Å²) in [5.74, 6) is 0.213. The number of rotatable bonds is 4. The molecule has 3 heteroatoms. The van der Waals surface area contributed by atoms with Gasteiger partial charge in [-0.1, -0.05) is 30.3 Å². The van der Waals surface area contributed by atoms with Crippen LogP contribution < -0.4 is 5.73 Å². The molecule has 2 rings (SSSR count). The molecule has 0 spiro atoms. The van der Waals surface area contributed by atoms with Crippen LogP contribution in [0, 0.1) is 0 Å². The third kappa shape index (κ3) is 3.24. The molecule has 92 valence electrons. The average molecular weight is 251 g/mol. The van der Waals surface area contributed by atoms with Gasteiger partial charge in [0.15, 0.2) is 0 Å². The van der Waals surface area contributed by atoms with Gasteiger partial charge in [0.05, 0.1) is 0 Å². The fraction of sp³-hybridized carbons (Fsp3) is 0.429. The number of hydrogen-bond donors (Lipinski definition) is 1. The zero-order chi connectivity index (χ0) is 12.3.